The average Bonchev–Trinajstić information content (AvgIpc) is 2.68. The Hall–Kier alpha value is -1.95. The zero-order valence-electron chi connectivity index (χ0n) is 17.8. The summed E-state index contributed by atoms with van der Waals surface area (Å²) in [6, 6.07) is 9.26. The first-order valence-corrected chi connectivity index (χ1v) is 11.6. The smallest absolute Gasteiger partial charge is 0.243 e. The van der Waals surface area contributed by atoms with E-state index in [-0.39, 0.29) is 18.4 Å². The van der Waals surface area contributed by atoms with Crippen LogP contribution in [0, 0.1) is 17.2 Å². The van der Waals surface area contributed by atoms with E-state index in [4.69, 9.17) is 0 Å². The molecule has 1 atom stereocenters. The fourth-order valence-electron chi connectivity index (χ4n) is 3.23. The Balaban J connectivity index is 1.92. The second kappa shape index (κ2) is 9.70. The summed E-state index contributed by atoms with van der Waals surface area (Å²) in [6.45, 7) is 9.38. The van der Waals surface area contributed by atoms with Gasteiger partial charge in [-0.1, -0.05) is 39.3 Å². The van der Waals surface area contributed by atoms with E-state index >= 15 is 0 Å². The molecule has 160 valence electrons. The molecule has 1 saturated heterocycles. The summed E-state index contributed by atoms with van der Waals surface area (Å²) < 4.78 is 27.2. The van der Waals surface area contributed by atoms with E-state index in [0.29, 0.717) is 31.1 Å². The number of benzene rings is 1. The van der Waals surface area contributed by atoms with Crippen LogP contribution in [-0.2, 0) is 21.2 Å². The molecule has 1 amide bonds. The topological polar surface area (TPSA) is 93.5 Å². The van der Waals surface area contributed by atoms with Crippen LogP contribution in [0.3, 0.4) is 0 Å². The Bertz CT molecular complexity index is 838. The minimum atomic E-state index is -3.53. The molecule has 1 N–H and O–H groups in total. The molecule has 1 aliphatic heterocycles. The third kappa shape index (κ3) is 5.78. The third-order valence-corrected chi connectivity index (χ3v) is 7.50. The van der Waals surface area contributed by atoms with Crippen molar-refractivity contribution in [3.8, 4) is 6.07 Å². The van der Waals surface area contributed by atoms with Gasteiger partial charge < -0.3 is 5.32 Å². The summed E-state index contributed by atoms with van der Waals surface area (Å²) in [7, 11) is -3.53. The number of nitrogens with one attached hydrogen (secondary N) is 1. The Morgan fingerprint density at radius 2 is 1.79 bits per heavy atom. The lowest BCUT2D eigenvalue weighted by Gasteiger charge is -2.34. The van der Waals surface area contributed by atoms with Gasteiger partial charge in [0.2, 0.25) is 15.9 Å². The number of rotatable bonds is 8. The molecule has 1 heterocycles. The predicted octanol–water partition coefficient (Wildman–Crippen LogP) is 2.00. The molecular formula is C21H32N4O3S. The largest absolute Gasteiger partial charge is 0.337 e. The van der Waals surface area contributed by atoms with Crippen molar-refractivity contribution in [2.75, 3.05) is 32.7 Å². The molecule has 8 heteroatoms. The number of sulfonamides is 1. The molecule has 0 unspecified atom stereocenters. The summed E-state index contributed by atoms with van der Waals surface area (Å²) in [4.78, 5) is 14.6. The van der Waals surface area contributed by atoms with Gasteiger partial charge in [0.15, 0.2) is 0 Å². The maximum absolute atomic E-state index is 12.9. The number of nitriles is 1. The fourth-order valence-corrected chi connectivity index (χ4v) is 4.65. The highest BCUT2D eigenvalue weighted by Crippen LogP contribution is 2.19. The van der Waals surface area contributed by atoms with E-state index in [9.17, 15) is 18.5 Å². The van der Waals surface area contributed by atoms with Gasteiger partial charge in [-0.05, 0) is 37.0 Å². The summed E-state index contributed by atoms with van der Waals surface area (Å²) in [5.74, 6) is -0.229. The molecule has 0 radical (unpaired) electrons. The van der Waals surface area contributed by atoms with E-state index in [2.05, 4.69) is 18.3 Å². The van der Waals surface area contributed by atoms with Crippen LogP contribution in [0.4, 0.5) is 0 Å². The maximum Gasteiger partial charge on any atom is 0.243 e. The molecule has 29 heavy (non-hydrogen) atoms. The summed E-state index contributed by atoms with van der Waals surface area (Å²) in [5.41, 5.74) is 0.222. The van der Waals surface area contributed by atoms with Crippen LogP contribution in [-0.4, -0.2) is 61.8 Å². The van der Waals surface area contributed by atoms with Gasteiger partial charge in [-0.2, -0.15) is 9.57 Å². The van der Waals surface area contributed by atoms with E-state index in [0.717, 1.165) is 18.4 Å². The molecule has 1 aromatic rings. The molecular weight excluding hydrogens is 388 g/mol. The highest BCUT2D eigenvalue weighted by atomic mass is 32.2. The lowest BCUT2D eigenvalue weighted by Crippen LogP contribution is -2.55. The van der Waals surface area contributed by atoms with Gasteiger partial charge in [0.25, 0.3) is 0 Å². The van der Waals surface area contributed by atoms with Crippen LogP contribution in [0.15, 0.2) is 29.2 Å². The first kappa shape index (κ1) is 23.3. The van der Waals surface area contributed by atoms with Gasteiger partial charge in [-0.25, -0.2) is 8.42 Å². The normalized spacial score (nSPS) is 18.2. The van der Waals surface area contributed by atoms with Gasteiger partial charge in [0.05, 0.1) is 17.5 Å². The van der Waals surface area contributed by atoms with E-state index in [1.54, 1.807) is 19.1 Å². The van der Waals surface area contributed by atoms with Crippen molar-refractivity contribution in [2.45, 2.75) is 51.0 Å². The highest BCUT2D eigenvalue weighted by Gasteiger charge is 2.32. The van der Waals surface area contributed by atoms with Crippen LogP contribution >= 0.6 is 0 Å². The molecule has 1 aliphatic rings. The highest BCUT2D eigenvalue weighted by molar-refractivity contribution is 7.89. The Morgan fingerprint density at radius 3 is 2.28 bits per heavy atom. The van der Waals surface area contributed by atoms with Crippen molar-refractivity contribution in [1.29, 1.82) is 5.26 Å². The summed E-state index contributed by atoms with van der Waals surface area (Å²) >= 11 is 0. The molecule has 1 aromatic carbocycles. The number of hydrogen-bond donors (Lipinski definition) is 1. The number of carbonyl (C=O) groups is 1. The Kier molecular flexibility index (Phi) is 7.80. The van der Waals surface area contributed by atoms with E-state index in [1.165, 1.54) is 4.31 Å². The van der Waals surface area contributed by atoms with Gasteiger partial charge in [-0.15, -0.1) is 0 Å². The minimum absolute atomic E-state index is 0.0119. The number of piperazine rings is 1. The Labute approximate surface area is 174 Å². The minimum Gasteiger partial charge on any atom is -0.337 e. The first-order valence-electron chi connectivity index (χ1n) is 10.2. The Morgan fingerprint density at radius 1 is 1.21 bits per heavy atom. The lowest BCUT2D eigenvalue weighted by molar-refractivity contribution is -0.124. The van der Waals surface area contributed by atoms with Crippen LogP contribution in [0.5, 0.6) is 0 Å². The van der Waals surface area contributed by atoms with Crippen molar-refractivity contribution in [1.82, 2.24) is 14.5 Å². The standard InChI is InChI=1S/C21H32N4O3S/c1-5-6-18-7-9-19(10-8-18)29(27,28)25-13-11-24(12-14-25)15-20(26)23-21(4,16-22)17(2)3/h7-10,17H,5-6,11-15H2,1-4H3,(H,23,26)/t21-/m0/s1. The van der Waals surface area contributed by atoms with Gasteiger partial charge in [0.1, 0.15) is 5.54 Å². The van der Waals surface area contributed by atoms with Crippen molar-refractivity contribution < 1.29 is 13.2 Å². The van der Waals surface area contributed by atoms with E-state index in [1.807, 2.05) is 30.9 Å². The zero-order chi connectivity index (χ0) is 21.7. The SMILES string of the molecule is CCCc1ccc(S(=O)(=O)N2CCN(CC(=O)N[C@@](C)(C#N)C(C)C)CC2)cc1. The molecule has 7 nitrogen and oxygen atoms in total. The number of nitrogens with zero attached hydrogens (tertiary/aromatic N) is 3. The lowest BCUT2D eigenvalue weighted by atomic mass is 9.90. The molecule has 0 spiro atoms. The van der Waals surface area contributed by atoms with Gasteiger partial charge in [-0.3, -0.25) is 9.69 Å². The summed E-state index contributed by atoms with van der Waals surface area (Å²) in [5, 5.41) is 12.1. The predicted molar refractivity (Wildman–Crippen MR) is 113 cm³/mol. The molecule has 0 aliphatic carbocycles. The second-order valence-electron chi connectivity index (χ2n) is 8.09. The molecule has 2 rings (SSSR count). The van der Waals surface area contributed by atoms with Crippen molar-refractivity contribution >= 4 is 15.9 Å². The van der Waals surface area contributed by atoms with E-state index < -0.39 is 15.6 Å². The second-order valence-corrected chi connectivity index (χ2v) is 10.0. The molecule has 0 aromatic heterocycles. The van der Waals surface area contributed by atoms with Crippen LogP contribution in [0.1, 0.15) is 39.7 Å². The van der Waals surface area contributed by atoms with Crippen molar-refractivity contribution in [2.24, 2.45) is 5.92 Å². The molecule has 0 saturated carbocycles. The first-order chi connectivity index (χ1) is 13.6. The maximum atomic E-state index is 12.9. The average molecular weight is 421 g/mol. The van der Waals surface area contributed by atoms with Gasteiger partial charge >= 0.3 is 0 Å². The quantitative estimate of drug-likeness (QED) is 0.694. The zero-order valence-corrected chi connectivity index (χ0v) is 18.6. The van der Waals surface area contributed by atoms with Crippen LogP contribution < -0.4 is 5.32 Å². The number of amides is 1. The van der Waals surface area contributed by atoms with Crippen LogP contribution in [0.2, 0.25) is 0 Å². The number of aryl methyl sites for hydroxylation is 1. The van der Waals surface area contributed by atoms with Gasteiger partial charge in [0, 0.05) is 26.2 Å². The third-order valence-electron chi connectivity index (χ3n) is 5.58. The summed E-state index contributed by atoms with van der Waals surface area (Å²) in [6.07, 6.45) is 1.95. The molecule has 1 fully saturated rings. The van der Waals surface area contributed by atoms with Crippen molar-refractivity contribution in [3.63, 3.8) is 0 Å². The number of carbonyl (C=O) groups excluding carboxylic acids is 1. The molecule has 0 bridgehead atoms. The van der Waals surface area contributed by atoms with Crippen LogP contribution in [0.25, 0.3) is 0 Å². The number of hydrogen-bond acceptors (Lipinski definition) is 5. The van der Waals surface area contributed by atoms with Crippen molar-refractivity contribution in [3.05, 3.63) is 29.8 Å². The monoisotopic (exact) mass is 420 g/mol. The fraction of sp³-hybridized carbons (Fsp3) is 0.619.